The molecule has 0 aliphatic rings. The van der Waals surface area contributed by atoms with Gasteiger partial charge < -0.3 is 24.6 Å². The fourth-order valence-electron chi connectivity index (χ4n) is 3.89. The maximum Gasteiger partial charge on any atom is 0.472 e. The Balaban J connectivity index is 4.05. The van der Waals surface area contributed by atoms with Gasteiger partial charge in [0, 0.05) is 12.8 Å². The highest BCUT2D eigenvalue weighted by Crippen LogP contribution is 2.43. The van der Waals surface area contributed by atoms with Crippen molar-refractivity contribution in [3.63, 3.8) is 0 Å². The van der Waals surface area contributed by atoms with Crippen LogP contribution in [0.3, 0.4) is 0 Å². The molecule has 0 aliphatic carbocycles. The lowest BCUT2D eigenvalue weighted by atomic mass is 10.1. The van der Waals surface area contributed by atoms with E-state index in [1.165, 1.54) is 0 Å². The zero-order chi connectivity index (χ0) is 32.0. The highest BCUT2D eigenvalue weighted by atomic mass is 31.2. The van der Waals surface area contributed by atoms with Crippen molar-refractivity contribution < 1.29 is 47.8 Å². The molecule has 0 saturated carbocycles. The molecule has 0 amide bonds. The number of ether oxygens (including phenoxy) is 2. The van der Waals surface area contributed by atoms with Crippen LogP contribution in [0.1, 0.15) is 117 Å². The minimum Gasteiger partial charge on any atom is -0.457 e. The Morgan fingerprint density at radius 3 is 1.58 bits per heavy atom. The van der Waals surface area contributed by atoms with Crippen LogP contribution in [0.2, 0.25) is 0 Å². The van der Waals surface area contributed by atoms with Gasteiger partial charge in [-0.2, -0.15) is 0 Å². The summed E-state index contributed by atoms with van der Waals surface area (Å²) in [6, 6.07) is 0. The highest BCUT2D eigenvalue weighted by Gasteiger charge is 2.27. The normalized spacial score (nSPS) is 14.8. The average molecular weight is 633 g/mol. The van der Waals surface area contributed by atoms with Crippen molar-refractivity contribution in [3.05, 3.63) is 36.5 Å². The second-order valence-electron chi connectivity index (χ2n) is 10.4. The van der Waals surface area contributed by atoms with Crippen LogP contribution >= 0.6 is 7.82 Å². The van der Waals surface area contributed by atoms with E-state index in [4.69, 9.17) is 18.5 Å². The Morgan fingerprint density at radius 2 is 1.09 bits per heavy atom. The maximum absolute atomic E-state index is 12.2. The topological polar surface area (TPSA) is 149 Å². The van der Waals surface area contributed by atoms with Crippen LogP contribution in [-0.2, 0) is 32.7 Å². The fraction of sp³-hybridized carbons (Fsp3) is 0.750. The molecule has 0 aliphatic heterocycles. The van der Waals surface area contributed by atoms with Crippen LogP contribution in [0, 0.1) is 0 Å². The molecule has 3 atom stereocenters. The number of rotatable bonds is 29. The first kappa shape index (κ1) is 41.2. The highest BCUT2D eigenvalue weighted by molar-refractivity contribution is 7.47. The molecule has 250 valence electrons. The van der Waals surface area contributed by atoms with Gasteiger partial charge in [0.15, 0.2) is 0 Å². The minimum atomic E-state index is -4.62. The summed E-state index contributed by atoms with van der Waals surface area (Å²) in [5.74, 6) is -1.05. The Kier molecular flexibility index (Phi) is 27.7. The van der Waals surface area contributed by atoms with E-state index in [-0.39, 0.29) is 12.8 Å². The number of aliphatic hydroxyl groups is 2. The van der Waals surface area contributed by atoms with E-state index < -0.39 is 58.4 Å². The van der Waals surface area contributed by atoms with Crippen LogP contribution in [-0.4, -0.2) is 65.7 Å². The zero-order valence-electron chi connectivity index (χ0n) is 26.4. The van der Waals surface area contributed by atoms with Crippen molar-refractivity contribution in [3.8, 4) is 0 Å². The first-order valence-corrected chi connectivity index (χ1v) is 17.4. The van der Waals surface area contributed by atoms with Crippen molar-refractivity contribution in [1.82, 2.24) is 0 Å². The number of phosphoric acid groups is 1. The summed E-state index contributed by atoms with van der Waals surface area (Å²) in [5.41, 5.74) is 0. The Bertz CT molecular complexity index is 827. The Labute approximate surface area is 259 Å². The SMILES string of the molecule is CC/C=C\C/C=C\C/C=C\CCCCCCCC(=O)OC(CO)COP(=O)(O)OCC(CO)OC(=O)CCCCCCC. The van der Waals surface area contributed by atoms with E-state index in [9.17, 15) is 29.3 Å². The number of hydrogen-bond acceptors (Lipinski definition) is 9. The van der Waals surface area contributed by atoms with Crippen molar-refractivity contribution in [1.29, 1.82) is 0 Å². The zero-order valence-corrected chi connectivity index (χ0v) is 27.3. The summed E-state index contributed by atoms with van der Waals surface area (Å²) in [6.45, 7) is 1.92. The van der Waals surface area contributed by atoms with Gasteiger partial charge in [-0.25, -0.2) is 4.57 Å². The molecule has 43 heavy (non-hydrogen) atoms. The molecule has 0 radical (unpaired) electrons. The molecular weight excluding hydrogens is 575 g/mol. The van der Waals surface area contributed by atoms with Gasteiger partial charge in [0.2, 0.25) is 0 Å². The van der Waals surface area contributed by atoms with Gasteiger partial charge in [0.1, 0.15) is 12.2 Å². The minimum absolute atomic E-state index is 0.172. The second kappa shape index (κ2) is 28.9. The summed E-state index contributed by atoms with van der Waals surface area (Å²) in [6.07, 6.45) is 24.7. The average Bonchev–Trinajstić information content (AvgIpc) is 2.99. The molecule has 0 aromatic carbocycles. The number of esters is 2. The van der Waals surface area contributed by atoms with Gasteiger partial charge in [-0.05, 0) is 44.9 Å². The van der Waals surface area contributed by atoms with E-state index >= 15 is 0 Å². The monoisotopic (exact) mass is 632 g/mol. The molecule has 3 unspecified atom stereocenters. The smallest absolute Gasteiger partial charge is 0.457 e. The Morgan fingerprint density at radius 1 is 0.651 bits per heavy atom. The van der Waals surface area contributed by atoms with E-state index in [0.29, 0.717) is 12.8 Å². The summed E-state index contributed by atoms with van der Waals surface area (Å²) >= 11 is 0. The number of hydrogen-bond donors (Lipinski definition) is 3. The third-order valence-corrected chi connectivity index (χ3v) is 7.32. The molecule has 0 aromatic heterocycles. The molecule has 0 spiro atoms. The second-order valence-corrected chi connectivity index (χ2v) is 11.9. The van der Waals surface area contributed by atoms with Gasteiger partial charge in [0.05, 0.1) is 26.4 Å². The molecule has 0 heterocycles. The van der Waals surface area contributed by atoms with Crippen LogP contribution in [0.25, 0.3) is 0 Å². The van der Waals surface area contributed by atoms with Crippen LogP contribution < -0.4 is 0 Å². The van der Waals surface area contributed by atoms with Crippen molar-refractivity contribution in [2.75, 3.05) is 26.4 Å². The van der Waals surface area contributed by atoms with E-state index in [2.05, 4.69) is 50.3 Å². The predicted octanol–water partition coefficient (Wildman–Crippen LogP) is 6.88. The molecule has 11 heteroatoms. The summed E-state index contributed by atoms with van der Waals surface area (Å²) < 4.78 is 32.1. The lowest BCUT2D eigenvalue weighted by Gasteiger charge is -2.20. The number of carbonyl (C=O) groups excluding carboxylic acids is 2. The number of aliphatic hydroxyl groups excluding tert-OH is 2. The number of allylic oxidation sites excluding steroid dienone is 6. The van der Waals surface area contributed by atoms with Crippen molar-refractivity contribution in [2.45, 2.75) is 129 Å². The van der Waals surface area contributed by atoms with Crippen LogP contribution in [0.15, 0.2) is 36.5 Å². The molecule has 3 N–H and O–H groups in total. The van der Waals surface area contributed by atoms with Gasteiger partial charge in [-0.15, -0.1) is 0 Å². The molecule has 0 saturated heterocycles. The molecule has 0 rings (SSSR count). The van der Waals surface area contributed by atoms with Gasteiger partial charge >= 0.3 is 19.8 Å². The predicted molar refractivity (Wildman–Crippen MR) is 168 cm³/mol. The van der Waals surface area contributed by atoms with E-state index in [0.717, 1.165) is 77.0 Å². The third kappa shape index (κ3) is 27.5. The van der Waals surface area contributed by atoms with E-state index in [1.807, 2.05) is 0 Å². The van der Waals surface area contributed by atoms with Crippen LogP contribution in [0.4, 0.5) is 0 Å². The molecule has 10 nitrogen and oxygen atoms in total. The summed E-state index contributed by atoms with van der Waals surface area (Å²) in [4.78, 5) is 33.9. The molecule has 0 fully saturated rings. The third-order valence-electron chi connectivity index (χ3n) is 6.37. The largest absolute Gasteiger partial charge is 0.472 e. The molecule has 0 aromatic rings. The quantitative estimate of drug-likeness (QED) is 0.0345. The van der Waals surface area contributed by atoms with Gasteiger partial charge in [-0.1, -0.05) is 95.2 Å². The van der Waals surface area contributed by atoms with Crippen molar-refractivity contribution >= 4 is 19.8 Å². The van der Waals surface area contributed by atoms with Gasteiger partial charge in [-0.3, -0.25) is 18.6 Å². The molecular formula is C32H57O10P. The number of unbranched alkanes of at least 4 members (excludes halogenated alkanes) is 9. The van der Waals surface area contributed by atoms with Crippen LogP contribution in [0.5, 0.6) is 0 Å². The molecule has 0 bridgehead atoms. The van der Waals surface area contributed by atoms with Gasteiger partial charge in [0.25, 0.3) is 0 Å². The Hall–Kier alpha value is -1.81. The van der Waals surface area contributed by atoms with Crippen molar-refractivity contribution in [2.24, 2.45) is 0 Å². The van der Waals surface area contributed by atoms with E-state index in [1.54, 1.807) is 0 Å². The first-order valence-electron chi connectivity index (χ1n) is 15.9. The standard InChI is InChI=1S/C32H57O10P/c1-3-5-7-9-10-11-12-13-14-15-16-17-18-20-22-24-32(36)42-30(26-34)28-40-43(37,38)39-27-29(25-33)41-31(35)23-21-19-8-6-4-2/h5,7,10-11,13-14,29-30,33-34H,3-4,6,8-9,12,15-28H2,1-2H3,(H,37,38)/b7-5-,11-10-,14-13-. The number of phosphoric ester groups is 1. The summed E-state index contributed by atoms with van der Waals surface area (Å²) in [5, 5.41) is 18.9. The number of carbonyl (C=O) groups is 2. The maximum atomic E-state index is 12.2. The fourth-order valence-corrected chi connectivity index (χ4v) is 4.67. The lowest BCUT2D eigenvalue weighted by molar-refractivity contribution is -0.153. The lowest BCUT2D eigenvalue weighted by Crippen LogP contribution is -2.28. The summed E-state index contributed by atoms with van der Waals surface area (Å²) in [7, 11) is -4.62. The first-order chi connectivity index (χ1) is 20.8.